The predicted octanol–water partition coefficient (Wildman–Crippen LogP) is 10.4. The highest BCUT2D eigenvalue weighted by atomic mass is 16.7. The molecule has 386 valence electrons. The second kappa shape index (κ2) is 28.7. The monoisotopic (exact) mass is 999 g/mol. The van der Waals surface area contributed by atoms with Crippen LogP contribution in [0.3, 0.4) is 0 Å². The molecule has 2 heterocycles. The molecule has 11 nitrogen and oxygen atoms in total. The van der Waals surface area contributed by atoms with Crippen molar-refractivity contribution in [2.45, 2.75) is 107 Å². The minimum atomic E-state index is -0.802. The van der Waals surface area contributed by atoms with E-state index in [4.69, 9.17) is 47.4 Å². The minimum absolute atomic E-state index is 0.155. The summed E-state index contributed by atoms with van der Waals surface area (Å²) in [4.78, 5) is 0. The van der Waals surface area contributed by atoms with Gasteiger partial charge in [-0.2, -0.15) is 0 Å². The number of benzene rings is 7. The molecule has 74 heavy (non-hydrogen) atoms. The summed E-state index contributed by atoms with van der Waals surface area (Å²) in [6.07, 6.45) is -5.18. The van der Waals surface area contributed by atoms with E-state index >= 15 is 0 Å². The lowest BCUT2D eigenvalue weighted by Gasteiger charge is -2.49. The van der Waals surface area contributed by atoms with Gasteiger partial charge in [0.15, 0.2) is 6.29 Å². The van der Waals surface area contributed by atoms with Crippen molar-refractivity contribution in [1.82, 2.24) is 5.32 Å². The highest BCUT2D eigenvalue weighted by Gasteiger charge is 2.51. The number of methoxy groups -OCH3 is 1. The van der Waals surface area contributed by atoms with E-state index in [1.807, 2.05) is 152 Å². The van der Waals surface area contributed by atoms with Crippen LogP contribution in [0.25, 0.3) is 0 Å². The molecule has 0 aliphatic carbocycles. The first-order chi connectivity index (χ1) is 36.7. The van der Waals surface area contributed by atoms with E-state index in [-0.39, 0.29) is 19.3 Å². The third-order valence-corrected chi connectivity index (χ3v) is 13.4. The van der Waals surface area contributed by atoms with Crippen LogP contribution in [0.5, 0.6) is 0 Å². The number of ether oxygens (including phenoxy) is 10. The number of piperidine rings is 1. The van der Waals surface area contributed by atoms with Gasteiger partial charge in [0.1, 0.15) is 42.7 Å². The van der Waals surface area contributed by atoms with E-state index in [0.29, 0.717) is 52.9 Å². The topological polar surface area (TPSA) is 104 Å². The van der Waals surface area contributed by atoms with E-state index in [1.54, 1.807) is 7.11 Å². The molecule has 0 bridgehead atoms. The SMILES string of the molecule is CO[C@H]1O[C@H](COCc2ccccc2)[C@@H](OC[C@@H]2N[C@H](COCc3ccccc3)[C@@H](OCc3ccccc3)[C@H](OCc3ccccc3)[C@H]2OCc2ccccc2)[C@H](OCc2ccccc2)[C@H]1OCc1ccccc1. The van der Waals surface area contributed by atoms with Crippen molar-refractivity contribution >= 4 is 0 Å². The van der Waals surface area contributed by atoms with Gasteiger partial charge in [0.25, 0.3) is 0 Å². The summed E-state index contributed by atoms with van der Waals surface area (Å²) in [7, 11) is 1.63. The molecule has 2 aliphatic heterocycles. The maximum atomic E-state index is 7.35. The number of hydrogen-bond donors (Lipinski definition) is 1. The third-order valence-electron chi connectivity index (χ3n) is 13.4. The van der Waals surface area contributed by atoms with Crippen LogP contribution in [0.2, 0.25) is 0 Å². The average molecular weight is 1000 g/mol. The van der Waals surface area contributed by atoms with Crippen molar-refractivity contribution in [1.29, 1.82) is 0 Å². The Hall–Kier alpha value is -5.90. The van der Waals surface area contributed by atoms with Crippen molar-refractivity contribution in [3.05, 3.63) is 251 Å². The van der Waals surface area contributed by atoms with E-state index in [2.05, 4.69) is 66.0 Å². The predicted molar refractivity (Wildman–Crippen MR) is 283 cm³/mol. The molecule has 7 aromatic rings. The second-order valence-corrected chi connectivity index (χ2v) is 18.8. The lowest BCUT2D eigenvalue weighted by Crippen LogP contribution is -2.69. The van der Waals surface area contributed by atoms with Crippen LogP contribution >= 0.6 is 0 Å². The highest BCUT2D eigenvalue weighted by molar-refractivity contribution is 5.19. The molecule has 2 fully saturated rings. The van der Waals surface area contributed by atoms with Gasteiger partial charge < -0.3 is 52.7 Å². The Balaban J connectivity index is 1.06. The highest BCUT2D eigenvalue weighted by Crippen LogP contribution is 2.33. The zero-order valence-electron chi connectivity index (χ0n) is 42.1. The van der Waals surface area contributed by atoms with Crippen LogP contribution < -0.4 is 5.32 Å². The molecule has 0 radical (unpaired) electrons. The van der Waals surface area contributed by atoms with Gasteiger partial charge in [0.05, 0.1) is 78.2 Å². The summed E-state index contributed by atoms with van der Waals surface area (Å²) >= 11 is 0. The maximum absolute atomic E-state index is 7.35. The molecular formula is C63H69NO10. The molecule has 0 unspecified atom stereocenters. The Morgan fingerprint density at radius 2 is 0.608 bits per heavy atom. The van der Waals surface area contributed by atoms with E-state index in [9.17, 15) is 0 Å². The van der Waals surface area contributed by atoms with Crippen LogP contribution in [0.15, 0.2) is 212 Å². The molecule has 2 saturated heterocycles. The first-order valence-electron chi connectivity index (χ1n) is 25.7. The summed E-state index contributed by atoms with van der Waals surface area (Å²) in [5, 5.41) is 3.96. The summed E-state index contributed by atoms with van der Waals surface area (Å²) in [5.41, 5.74) is 7.23. The number of nitrogens with one attached hydrogen (secondary N) is 1. The third kappa shape index (κ3) is 15.6. The van der Waals surface area contributed by atoms with Gasteiger partial charge in [-0.25, -0.2) is 0 Å². The van der Waals surface area contributed by atoms with Gasteiger partial charge in [0.2, 0.25) is 0 Å². The van der Waals surface area contributed by atoms with Gasteiger partial charge in [-0.15, -0.1) is 0 Å². The van der Waals surface area contributed by atoms with Gasteiger partial charge in [-0.1, -0.05) is 212 Å². The molecule has 0 spiro atoms. The Labute approximate surface area is 436 Å². The van der Waals surface area contributed by atoms with E-state index < -0.39 is 55.1 Å². The van der Waals surface area contributed by atoms with Gasteiger partial charge in [0, 0.05) is 7.11 Å². The zero-order chi connectivity index (χ0) is 50.4. The molecule has 1 N–H and O–H groups in total. The molecule has 9 rings (SSSR count). The quantitative estimate of drug-likeness (QED) is 0.0533. The zero-order valence-corrected chi connectivity index (χ0v) is 42.1. The first kappa shape index (κ1) is 52.9. The Bertz CT molecular complexity index is 2590. The number of rotatable bonds is 27. The fraction of sp³-hybridized carbons (Fsp3) is 0.333. The van der Waals surface area contributed by atoms with Crippen molar-refractivity contribution in [2.24, 2.45) is 0 Å². The van der Waals surface area contributed by atoms with E-state index in [0.717, 1.165) is 38.9 Å². The fourth-order valence-electron chi connectivity index (χ4n) is 9.57. The molecule has 0 aromatic heterocycles. The van der Waals surface area contributed by atoms with Crippen LogP contribution in [-0.4, -0.2) is 88.0 Å². The summed E-state index contributed by atoms with van der Waals surface area (Å²) in [5.74, 6) is 0. The lowest BCUT2D eigenvalue weighted by atomic mass is 9.89. The van der Waals surface area contributed by atoms with Crippen molar-refractivity contribution in [3.63, 3.8) is 0 Å². The minimum Gasteiger partial charge on any atom is -0.375 e. The van der Waals surface area contributed by atoms with Gasteiger partial charge >= 0.3 is 0 Å². The summed E-state index contributed by atoms with van der Waals surface area (Å²) < 4.78 is 68.5. The van der Waals surface area contributed by atoms with Crippen LogP contribution in [-0.2, 0) is 93.6 Å². The number of hydrogen-bond acceptors (Lipinski definition) is 11. The molecule has 0 saturated carbocycles. The standard InChI is InChI=1S/C63H69NO10/c1-65-63-62(72-43-53-35-21-8-22-36-53)61(71-42-52-33-19-7-20-34-52)59(56(74-63)46-67-38-48-25-11-3-12-26-48)73-45-55-58(69-40-50-29-15-5-16-30-50)60(70-41-51-31-17-6-18-32-51)57(68-39-49-27-13-4-14-28-49)54(64-55)44-66-37-47-23-9-2-10-24-47/h2-36,54-64H,37-46H2,1H3/t54-,55+,56-,57-,58+,59-,60+,61+,62-,63+/m1/s1. The molecule has 2 aliphatic rings. The maximum Gasteiger partial charge on any atom is 0.186 e. The Morgan fingerprint density at radius 1 is 0.311 bits per heavy atom. The van der Waals surface area contributed by atoms with Crippen molar-refractivity contribution < 1.29 is 47.4 Å². The largest absolute Gasteiger partial charge is 0.375 e. The molecule has 7 aromatic carbocycles. The lowest BCUT2D eigenvalue weighted by molar-refractivity contribution is -0.323. The Kier molecular flexibility index (Phi) is 20.5. The molecule has 11 heteroatoms. The van der Waals surface area contributed by atoms with Crippen LogP contribution in [0.1, 0.15) is 38.9 Å². The molecule has 10 atom stereocenters. The van der Waals surface area contributed by atoms with Crippen molar-refractivity contribution in [2.75, 3.05) is 26.9 Å². The molecular weight excluding hydrogens is 931 g/mol. The van der Waals surface area contributed by atoms with Gasteiger partial charge in [-0.05, 0) is 38.9 Å². The normalized spacial score (nSPS) is 23.9. The first-order valence-corrected chi connectivity index (χ1v) is 25.7. The average Bonchev–Trinajstić information content (AvgIpc) is 3.46. The van der Waals surface area contributed by atoms with Crippen molar-refractivity contribution in [3.8, 4) is 0 Å². The smallest absolute Gasteiger partial charge is 0.186 e. The summed E-state index contributed by atoms with van der Waals surface area (Å²) in [6, 6.07) is 70.3. The van der Waals surface area contributed by atoms with Gasteiger partial charge in [-0.3, -0.25) is 0 Å². The fourth-order valence-corrected chi connectivity index (χ4v) is 9.57. The second-order valence-electron chi connectivity index (χ2n) is 18.8. The summed E-state index contributed by atoms with van der Waals surface area (Å²) in [6.45, 7) is 3.08. The van der Waals surface area contributed by atoms with Crippen LogP contribution in [0.4, 0.5) is 0 Å². The van der Waals surface area contributed by atoms with E-state index in [1.165, 1.54) is 0 Å². The molecule has 0 amide bonds. The Morgan fingerprint density at radius 3 is 0.973 bits per heavy atom. The van der Waals surface area contributed by atoms with Crippen LogP contribution in [0, 0.1) is 0 Å².